The van der Waals surface area contributed by atoms with Crippen LogP contribution in [0.15, 0.2) is 12.1 Å². The maximum absolute atomic E-state index is 12.7. The lowest BCUT2D eigenvalue weighted by atomic mass is 9.86. The van der Waals surface area contributed by atoms with Gasteiger partial charge in [0.25, 0.3) is 0 Å². The van der Waals surface area contributed by atoms with Crippen molar-refractivity contribution < 1.29 is 13.5 Å². The van der Waals surface area contributed by atoms with Gasteiger partial charge < -0.3 is 4.74 Å². The molecule has 1 radical (unpaired) electrons. The molecule has 1 fully saturated rings. The van der Waals surface area contributed by atoms with Gasteiger partial charge in [-0.2, -0.15) is 0 Å². The summed E-state index contributed by atoms with van der Waals surface area (Å²) in [6, 6.07) is 4.67. The summed E-state index contributed by atoms with van der Waals surface area (Å²) >= 11 is 0. The highest BCUT2D eigenvalue weighted by Crippen LogP contribution is 2.27. The van der Waals surface area contributed by atoms with Crippen LogP contribution in [0.25, 0.3) is 0 Å². The van der Waals surface area contributed by atoms with Crippen LogP contribution in [0.2, 0.25) is 0 Å². The molecule has 0 atom stereocenters. The molecule has 1 aliphatic carbocycles. The average Bonchev–Trinajstić information content (AvgIpc) is 2.08. The highest BCUT2D eigenvalue weighted by atomic mass is 19.2. The first-order valence-corrected chi connectivity index (χ1v) is 4.76. The lowest BCUT2D eigenvalue weighted by molar-refractivity contribution is 0.179. The predicted octanol–water partition coefficient (Wildman–Crippen LogP) is 2.94. The summed E-state index contributed by atoms with van der Waals surface area (Å²) in [7, 11) is 0. The Balaban J connectivity index is 1.91. The van der Waals surface area contributed by atoms with E-state index in [9.17, 15) is 8.78 Å². The molecule has 0 aliphatic heterocycles. The normalized spacial score (nSPS) is 16.4. The summed E-state index contributed by atoms with van der Waals surface area (Å²) in [5, 5.41) is 0. The monoisotopic (exact) mass is 197 g/mol. The zero-order valence-corrected chi connectivity index (χ0v) is 7.72. The van der Waals surface area contributed by atoms with Crippen molar-refractivity contribution in [3.05, 3.63) is 29.8 Å². The third-order valence-electron chi connectivity index (χ3n) is 2.52. The third-order valence-corrected chi connectivity index (χ3v) is 2.52. The molecule has 0 aromatic heterocycles. The van der Waals surface area contributed by atoms with Gasteiger partial charge in [0.2, 0.25) is 0 Å². The van der Waals surface area contributed by atoms with Crippen LogP contribution >= 0.6 is 0 Å². The molecule has 0 N–H and O–H groups in total. The van der Waals surface area contributed by atoms with Crippen molar-refractivity contribution in [2.75, 3.05) is 6.61 Å². The first-order valence-electron chi connectivity index (χ1n) is 4.76. The van der Waals surface area contributed by atoms with Crippen molar-refractivity contribution in [3.63, 3.8) is 0 Å². The number of hydrogen-bond acceptors (Lipinski definition) is 1. The van der Waals surface area contributed by atoms with Gasteiger partial charge in [-0.3, -0.25) is 0 Å². The third kappa shape index (κ3) is 2.03. The Kier molecular flexibility index (Phi) is 2.66. The van der Waals surface area contributed by atoms with E-state index in [0.717, 1.165) is 6.07 Å². The van der Waals surface area contributed by atoms with Crippen molar-refractivity contribution >= 4 is 0 Å². The maximum atomic E-state index is 12.7. The Labute approximate surface area is 81.7 Å². The maximum Gasteiger partial charge on any atom is 0.170 e. The van der Waals surface area contributed by atoms with Crippen molar-refractivity contribution in [2.24, 2.45) is 5.92 Å². The van der Waals surface area contributed by atoms with Gasteiger partial charge >= 0.3 is 0 Å². The van der Waals surface area contributed by atoms with Crippen LogP contribution in [0.1, 0.15) is 19.3 Å². The first kappa shape index (κ1) is 9.44. The van der Waals surface area contributed by atoms with E-state index in [1.807, 2.05) is 0 Å². The van der Waals surface area contributed by atoms with Crippen LogP contribution in [-0.2, 0) is 0 Å². The molecule has 0 saturated heterocycles. The van der Waals surface area contributed by atoms with Gasteiger partial charge in [-0.05, 0) is 30.9 Å². The van der Waals surface area contributed by atoms with Gasteiger partial charge in [-0.15, -0.1) is 0 Å². The molecule has 1 nitrogen and oxygen atoms in total. The zero-order valence-electron chi connectivity index (χ0n) is 7.72. The summed E-state index contributed by atoms with van der Waals surface area (Å²) in [6.45, 7) is 0.585. The predicted molar refractivity (Wildman–Crippen MR) is 48.0 cm³/mol. The Morgan fingerprint density at radius 2 is 2.14 bits per heavy atom. The molecule has 0 bridgehead atoms. The van der Waals surface area contributed by atoms with E-state index in [0.29, 0.717) is 12.5 Å². The van der Waals surface area contributed by atoms with E-state index >= 15 is 0 Å². The lowest BCUT2D eigenvalue weighted by Crippen LogP contribution is -2.19. The molecule has 1 saturated carbocycles. The van der Waals surface area contributed by atoms with Crippen molar-refractivity contribution in [3.8, 4) is 5.75 Å². The van der Waals surface area contributed by atoms with Crippen LogP contribution in [0.5, 0.6) is 5.75 Å². The summed E-state index contributed by atoms with van der Waals surface area (Å²) < 4.78 is 30.5. The Morgan fingerprint density at radius 1 is 1.36 bits per heavy atom. The van der Waals surface area contributed by atoms with Gasteiger partial charge in [0.15, 0.2) is 11.6 Å². The van der Waals surface area contributed by atoms with Crippen LogP contribution in [-0.4, -0.2) is 6.61 Å². The number of ether oxygens (including phenoxy) is 1. The highest BCUT2D eigenvalue weighted by molar-refractivity contribution is 5.21. The Hall–Kier alpha value is -1.12. The van der Waals surface area contributed by atoms with Crippen LogP contribution in [0.4, 0.5) is 8.78 Å². The number of hydrogen-bond donors (Lipinski definition) is 0. The van der Waals surface area contributed by atoms with Crippen molar-refractivity contribution in [2.45, 2.75) is 19.3 Å². The molecule has 1 aromatic carbocycles. The van der Waals surface area contributed by atoms with E-state index in [4.69, 9.17) is 4.74 Å². The standard InChI is InChI=1S/C11H11F2O/c12-10-5-4-9(6-11(10)13)14-7-8-2-1-3-8/h4-5,8H,1-3,7H2. The SMILES string of the molecule is Fc1[c]c(OCC2CCC2)ccc1F. The molecular formula is C11H11F2O. The molecule has 1 aromatic rings. The fraction of sp³-hybridized carbons (Fsp3) is 0.455. The summed E-state index contributed by atoms with van der Waals surface area (Å²) in [6.07, 6.45) is 3.59. The van der Waals surface area contributed by atoms with Crippen molar-refractivity contribution in [1.29, 1.82) is 0 Å². The number of benzene rings is 1. The van der Waals surface area contributed by atoms with E-state index in [1.54, 1.807) is 0 Å². The van der Waals surface area contributed by atoms with Gasteiger partial charge in [0, 0.05) is 0 Å². The molecule has 2 rings (SSSR count). The molecule has 0 spiro atoms. The smallest absolute Gasteiger partial charge is 0.170 e. The summed E-state index contributed by atoms with van der Waals surface area (Å²) in [5.74, 6) is -0.996. The molecule has 0 heterocycles. The molecule has 75 valence electrons. The molecule has 0 unspecified atom stereocenters. The van der Waals surface area contributed by atoms with E-state index < -0.39 is 11.6 Å². The van der Waals surface area contributed by atoms with Crippen molar-refractivity contribution in [1.82, 2.24) is 0 Å². The molecule has 3 heteroatoms. The van der Waals surface area contributed by atoms with Crippen LogP contribution in [0, 0.1) is 23.6 Å². The second-order valence-corrected chi connectivity index (χ2v) is 3.59. The van der Waals surface area contributed by atoms with Gasteiger partial charge in [-0.1, -0.05) is 6.42 Å². The minimum atomic E-state index is -0.976. The molecular weight excluding hydrogens is 186 g/mol. The molecule has 0 amide bonds. The van der Waals surface area contributed by atoms with E-state index in [1.165, 1.54) is 25.3 Å². The Morgan fingerprint density at radius 3 is 2.71 bits per heavy atom. The second-order valence-electron chi connectivity index (χ2n) is 3.59. The fourth-order valence-corrected chi connectivity index (χ4v) is 1.38. The minimum Gasteiger partial charge on any atom is -0.493 e. The van der Waals surface area contributed by atoms with E-state index in [2.05, 4.69) is 6.07 Å². The lowest BCUT2D eigenvalue weighted by Gasteiger charge is -2.24. The molecule has 14 heavy (non-hydrogen) atoms. The zero-order chi connectivity index (χ0) is 9.97. The quantitative estimate of drug-likeness (QED) is 0.723. The van der Waals surface area contributed by atoms with Gasteiger partial charge in [0.05, 0.1) is 12.7 Å². The van der Waals surface area contributed by atoms with E-state index in [-0.39, 0.29) is 5.75 Å². The highest BCUT2D eigenvalue weighted by Gasteiger charge is 2.18. The number of halogens is 2. The topological polar surface area (TPSA) is 9.23 Å². The summed E-state index contributed by atoms with van der Waals surface area (Å²) in [5.41, 5.74) is 0. The Bertz CT molecular complexity index is 321. The summed E-state index contributed by atoms with van der Waals surface area (Å²) in [4.78, 5) is 0. The number of rotatable bonds is 3. The van der Waals surface area contributed by atoms with Crippen LogP contribution < -0.4 is 4.74 Å². The second kappa shape index (κ2) is 3.95. The average molecular weight is 197 g/mol. The van der Waals surface area contributed by atoms with Gasteiger partial charge in [0.1, 0.15) is 5.75 Å². The fourth-order valence-electron chi connectivity index (χ4n) is 1.38. The van der Waals surface area contributed by atoms with Crippen LogP contribution in [0.3, 0.4) is 0 Å². The first-order chi connectivity index (χ1) is 6.75. The minimum absolute atomic E-state index is 0.288. The largest absolute Gasteiger partial charge is 0.493 e. The van der Waals surface area contributed by atoms with Gasteiger partial charge in [-0.25, -0.2) is 8.78 Å². The molecule has 1 aliphatic rings.